The average molecular weight is 250 g/mol. The number of hydrogen-bond donors (Lipinski definition) is 0. The number of halogens is 3. The lowest BCUT2D eigenvalue weighted by atomic mass is 10.2. The molecule has 1 aromatic rings. The van der Waals surface area contributed by atoms with Crippen LogP contribution in [0, 0.1) is 5.82 Å². The Balaban J connectivity index is 3.00. The van der Waals surface area contributed by atoms with E-state index in [1.807, 2.05) is 6.07 Å². The van der Waals surface area contributed by atoms with Crippen molar-refractivity contribution < 1.29 is 4.39 Å². The van der Waals surface area contributed by atoms with Crippen molar-refractivity contribution in [2.75, 3.05) is 5.88 Å². The predicted octanol–water partition coefficient (Wildman–Crippen LogP) is 3.84. The third-order valence-corrected chi connectivity index (χ3v) is 2.38. The van der Waals surface area contributed by atoms with Gasteiger partial charge in [-0.15, -0.1) is 11.6 Å². The van der Waals surface area contributed by atoms with Crippen molar-refractivity contribution in [3.8, 4) is 0 Å². The molecule has 0 nitrogen and oxygen atoms in total. The number of benzene rings is 1. The van der Waals surface area contributed by atoms with Gasteiger partial charge in [-0.1, -0.05) is 24.3 Å². The minimum Gasteiger partial charge on any atom is -0.206 e. The van der Waals surface area contributed by atoms with Gasteiger partial charge in [0, 0.05) is 5.88 Å². The zero-order valence-corrected chi connectivity index (χ0v) is 8.57. The molecule has 0 N–H and O–H groups in total. The molecule has 0 amide bonds. The fourth-order valence-corrected chi connectivity index (χ4v) is 1.31. The third kappa shape index (κ3) is 2.32. The summed E-state index contributed by atoms with van der Waals surface area (Å²) in [5.41, 5.74) is 0.802. The van der Waals surface area contributed by atoms with Crippen LogP contribution >= 0.6 is 27.5 Å². The van der Waals surface area contributed by atoms with E-state index < -0.39 is 0 Å². The second kappa shape index (κ2) is 4.63. The fourth-order valence-electron chi connectivity index (χ4n) is 0.821. The molecule has 0 fully saturated rings. The molecule has 0 radical (unpaired) electrons. The van der Waals surface area contributed by atoms with Gasteiger partial charge in [-0.05, 0) is 27.6 Å². The lowest BCUT2D eigenvalue weighted by molar-refractivity contribution is 0.621. The van der Waals surface area contributed by atoms with E-state index in [4.69, 9.17) is 11.6 Å². The van der Waals surface area contributed by atoms with Crippen LogP contribution in [0.4, 0.5) is 4.39 Å². The number of alkyl halides is 1. The van der Waals surface area contributed by atoms with Gasteiger partial charge in [0.2, 0.25) is 0 Å². The molecule has 0 aromatic heterocycles. The first-order valence-corrected chi connectivity index (χ1v) is 4.75. The summed E-state index contributed by atoms with van der Waals surface area (Å²) in [7, 11) is 0. The number of hydrogen-bond acceptors (Lipinski definition) is 0. The van der Waals surface area contributed by atoms with Crippen LogP contribution in [-0.2, 0) is 0 Å². The minimum absolute atomic E-state index is 0.258. The summed E-state index contributed by atoms with van der Waals surface area (Å²) in [6, 6.07) is 4.88. The Morgan fingerprint density at radius 1 is 1.50 bits per heavy atom. The normalized spacial score (nSPS) is 10.9. The van der Waals surface area contributed by atoms with Crippen LogP contribution in [0.1, 0.15) is 5.56 Å². The first-order chi connectivity index (χ1) is 5.75. The third-order valence-electron chi connectivity index (χ3n) is 1.37. The van der Waals surface area contributed by atoms with Crippen molar-refractivity contribution in [3.05, 3.63) is 40.1 Å². The first kappa shape index (κ1) is 9.75. The highest BCUT2D eigenvalue weighted by Crippen LogP contribution is 2.21. The van der Waals surface area contributed by atoms with E-state index in [1.165, 1.54) is 6.07 Å². The molecular formula is C9H7BrClF. The van der Waals surface area contributed by atoms with Crippen molar-refractivity contribution in [2.24, 2.45) is 0 Å². The van der Waals surface area contributed by atoms with Gasteiger partial charge in [0.05, 0.1) is 4.47 Å². The molecule has 12 heavy (non-hydrogen) atoms. The molecule has 0 saturated heterocycles. The maximum Gasteiger partial charge on any atom is 0.137 e. The van der Waals surface area contributed by atoms with Gasteiger partial charge < -0.3 is 0 Å². The van der Waals surface area contributed by atoms with E-state index in [2.05, 4.69) is 15.9 Å². The second-order valence-corrected chi connectivity index (χ2v) is 3.30. The van der Waals surface area contributed by atoms with Crippen molar-refractivity contribution in [3.63, 3.8) is 0 Å². The van der Waals surface area contributed by atoms with E-state index in [0.717, 1.165) is 5.56 Å². The fraction of sp³-hybridized carbons (Fsp3) is 0.111. The molecule has 0 heterocycles. The quantitative estimate of drug-likeness (QED) is 0.699. The molecular weight excluding hydrogens is 242 g/mol. The van der Waals surface area contributed by atoms with Crippen molar-refractivity contribution in [2.45, 2.75) is 0 Å². The summed E-state index contributed by atoms with van der Waals surface area (Å²) in [5.74, 6) is 0.176. The van der Waals surface area contributed by atoms with Gasteiger partial charge in [0.1, 0.15) is 5.82 Å². The van der Waals surface area contributed by atoms with Gasteiger partial charge in [-0.2, -0.15) is 0 Å². The number of rotatable bonds is 2. The SMILES string of the molecule is Fc1cccc(/C=C/CCl)c1Br. The van der Waals surface area contributed by atoms with Crippen LogP contribution in [-0.4, -0.2) is 5.88 Å². The van der Waals surface area contributed by atoms with Crippen LogP contribution in [0.3, 0.4) is 0 Å². The summed E-state index contributed by atoms with van der Waals surface area (Å²) in [5, 5.41) is 0. The molecule has 0 saturated carbocycles. The van der Waals surface area contributed by atoms with Crippen molar-refractivity contribution >= 4 is 33.6 Å². The molecule has 0 unspecified atom stereocenters. The minimum atomic E-state index is -0.258. The Hall–Kier alpha value is -0.340. The van der Waals surface area contributed by atoms with Gasteiger partial charge in [0.25, 0.3) is 0 Å². The standard InChI is InChI=1S/C9H7BrClF/c10-9-7(4-2-6-11)3-1-5-8(9)12/h1-5H,6H2/b4-2+. The van der Waals surface area contributed by atoms with E-state index in [0.29, 0.717) is 10.4 Å². The smallest absolute Gasteiger partial charge is 0.137 e. The molecule has 0 aliphatic rings. The van der Waals surface area contributed by atoms with Gasteiger partial charge in [-0.25, -0.2) is 4.39 Å². The Morgan fingerprint density at radius 2 is 2.25 bits per heavy atom. The van der Waals surface area contributed by atoms with E-state index in [1.54, 1.807) is 18.2 Å². The summed E-state index contributed by atoms with van der Waals surface area (Å²) >= 11 is 8.59. The molecule has 64 valence electrons. The van der Waals surface area contributed by atoms with Crippen LogP contribution in [0.5, 0.6) is 0 Å². The van der Waals surface area contributed by atoms with E-state index >= 15 is 0 Å². The Morgan fingerprint density at radius 3 is 2.92 bits per heavy atom. The van der Waals surface area contributed by atoms with Crippen LogP contribution in [0.2, 0.25) is 0 Å². The molecule has 0 aliphatic carbocycles. The lowest BCUT2D eigenvalue weighted by Gasteiger charge is -1.98. The predicted molar refractivity (Wildman–Crippen MR) is 53.9 cm³/mol. The van der Waals surface area contributed by atoms with Crippen LogP contribution in [0.15, 0.2) is 28.7 Å². The summed E-state index contributed by atoms with van der Waals surface area (Å²) in [4.78, 5) is 0. The second-order valence-electron chi connectivity index (χ2n) is 2.20. The zero-order chi connectivity index (χ0) is 8.97. The Labute approximate surface area is 84.2 Å². The molecule has 0 atom stereocenters. The van der Waals surface area contributed by atoms with Gasteiger partial charge >= 0.3 is 0 Å². The van der Waals surface area contributed by atoms with E-state index in [-0.39, 0.29) is 5.82 Å². The summed E-state index contributed by atoms with van der Waals surface area (Å²) in [6.45, 7) is 0. The van der Waals surface area contributed by atoms with Gasteiger partial charge in [0.15, 0.2) is 0 Å². The molecule has 1 aromatic carbocycles. The zero-order valence-electron chi connectivity index (χ0n) is 6.23. The summed E-state index contributed by atoms with van der Waals surface area (Å²) in [6.07, 6.45) is 3.54. The van der Waals surface area contributed by atoms with Crippen LogP contribution < -0.4 is 0 Å². The Bertz CT molecular complexity index is 297. The monoisotopic (exact) mass is 248 g/mol. The highest BCUT2D eigenvalue weighted by Gasteiger charge is 2.00. The van der Waals surface area contributed by atoms with Gasteiger partial charge in [-0.3, -0.25) is 0 Å². The highest BCUT2D eigenvalue weighted by atomic mass is 79.9. The van der Waals surface area contributed by atoms with Crippen molar-refractivity contribution in [1.29, 1.82) is 0 Å². The molecule has 0 spiro atoms. The molecule has 1 rings (SSSR count). The van der Waals surface area contributed by atoms with Crippen molar-refractivity contribution in [1.82, 2.24) is 0 Å². The topological polar surface area (TPSA) is 0 Å². The lowest BCUT2D eigenvalue weighted by Crippen LogP contribution is -1.80. The molecule has 3 heteroatoms. The van der Waals surface area contributed by atoms with Crippen LogP contribution in [0.25, 0.3) is 6.08 Å². The first-order valence-electron chi connectivity index (χ1n) is 3.42. The molecule has 0 bridgehead atoms. The Kier molecular flexibility index (Phi) is 3.76. The number of allylic oxidation sites excluding steroid dienone is 1. The maximum absolute atomic E-state index is 12.9. The average Bonchev–Trinajstić information content (AvgIpc) is 2.08. The highest BCUT2D eigenvalue weighted by molar-refractivity contribution is 9.10. The largest absolute Gasteiger partial charge is 0.206 e. The maximum atomic E-state index is 12.9. The molecule has 0 aliphatic heterocycles. The van der Waals surface area contributed by atoms with E-state index in [9.17, 15) is 4.39 Å². The summed E-state index contributed by atoms with van der Waals surface area (Å²) < 4.78 is 13.4.